The van der Waals surface area contributed by atoms with Crippen LogP contribution >= 0.6 is 23.2 Å². The number of benzene rings is 1. The molecule has 1 amide bonds. The van der Waals surface area contributed by atoms with Gasteiger partial charge in [0.15, 0.2) is 0 Å². The fraction of sp³-hybridized carbons (Fsp3) is 0.529. The Labute approximate surface area is 141 Å². The Morgan fingerprint density at radius 2 is 2.05 bits per heavy atom. The zero-order valence-corrected chi connectivity index (χ0v) is 14.6. The number of nitrogens with zero attached hydrogens (tertiary/aromatic N) is 1. The van der Waals surface area contributed by atoms with Gasteiger partial charge >= 0.3 is 0 Å². The van der Waals surface area contributed by atoms with E-state index in [0.29, 0.717) is 21.5 Å². The fourth-order valence-corrected chi connectivity index (χ4v) is 4.44. The maximum atomic E-state index is 12.3. The Morgan fingerprint density at radius 1 is 1.32 bits per heavy atom. The van der Waals surface area contributed by atoms with Gasteiger partial charge in [-0.05, 0) is 48.8 Å². The van der Waals surface area contributed by atoms with Gasteiger partial charge in [0.2, 0.25) is 0 Å². The fourth-order valence-electron chi connectivity index (χ4n) is 3.95. The minimum atomic E-state index is -0.293. The summed E-state index contributed by atoms with van der Waals surface area (Å²) in [5, 5.41) is 5.29. The van der Waals surface area contributed by atoms with E-state index < -0.39 is 0 Å². The van der Waals surface area contributed by atoms with Gasteiger partial charge in [-0.25, -0.2) is 5.43 Å². The van der Waals surface area contributed by atoms with Crippen LogP contribution < -0.4 is 5.43 Å². The average molecular weight is 339 g/mol. The SMILES string of the molecule is CC1(C)[C@@H]2CC[C@]1(C)/C(=N\NC(=O)c1ccc(Cl)cc1Cl)C2. The molecule has 1 aromatic rings. The van der Waals surface area contributed by atoms with E-state index in [0.717, 1.165) is 18.6 Å². The largest absolute Gasteiger partial charge is 0.272 e. The molecule has 0 unspecified atom stereocenters. The van der Waals surface area contributed by atoms with Crippen LogP contribution in [0.3, 0.4) is 0 Å². The average Bonchev–Trinajstić information content (AvgIpc) is 2.77. The normalized spacial score (nSPS) is 30.8. The van der Waals surface area contributed by atoms with E-state index >= 15 is 0 Å². The lowest BCUT2D eigenvalue weighted by atomic mass is 9.70. The van der Waals surface area contributed by atoms with Crippen LogP contribution in [-0.2, 0) is 0 Å². The first-order valence-corrected chi connectivity index (χ1v) is 8.34. The highest BCUT2D eigenvalue weighted by Gasteiger charge is 2.60. The summed E-state index contributed by atoms with van der Waals surface area (Å²) in [6.45, 7) is 6.89. The molecule has 22 heavy (non-hydrogen) atoms. The first-order chi connectivity index (χ1) is 10.3. The molecule has 5 heteroatoms. The van der Waals surface area contributed by atoms with Gasteiger partial charge in [0, 0.05) is 16.1 Å². The molecule has 3 rings (SSSR count). The number of hydrogen-bond acceptors (Lipinski definition) is 2. The molecule has 2 fully saturated rings. The summed E-state index contributed by atoms with van der Waals surface area (Å²) >= 11 is 11.9. The Morgan fingerprint density at radius 3 is 2.59 bits per heavy atom. The third-order valence-electron chi connectivity index (χ3n) is 5.98. The van der Waals surface area contributed by atoms with Gasteiger partial charge in [-0.1, -0.05) is 44.0 Å². The summed E-state index contributed by atoms with van der Waals surface area (Å²) in [6.07, 6.45) is 3.36. The molecule has 118 valence electrons. The second-order valence-corrected chi connectivity index (χ2v) is 7.96. The van der Waals surface area contributed by atoms with E-state index in [-0.39, 0.29) is 16.7 Å². The van der Waals surface area contributed by atoms with Crippen LogP contribution in [0.5, 0.6) is 0 Å². The zero-order chi connectivity index (χ0) is 16.1. The van der Waals surface area contributed by atoms with Crippen molar-refractivity contribution in [3.8, 4) is 0 Å². The van der Waals surface area contributed by atoms with Gasteiger partial charge < -0.3 is 0 Å². The highest BCUT2D eigenvalue weighted by molar-refractivity contribution is 6.36. The van der Waals surface area contributed by atoms with E-state index in [2.05, 4.69) is 31.3 Å². The van der Waals surface area contributed by atoms with Gasteiger partial charge in [-0.2, -0.15) is 5.10 Å². The Hall–Kier alpha value is -1.06. The van der Waals surface area contributed by atoms with Crippen molar-refractivity contribution in [2.24, 2.45) is 21.8 Å². The summed E-state index contributed by atoms with van der Waals surface area (Å²) in [7, 11) is 0. The maximum Gasteiger partial charge on any atom is 0.272 e. The molecule has 2 bridgehead atoms. The Bertz CT molecular complexity index is 669. The van der Waals surface area contributed by atoms with Crippen LogP contribution in [0.2, 0.25) is 10.0 Å². The van der Waals surface area contributed by atoms with Gasteiger partial charge in [0.1, 0.15) is 0 Å². The molecule has 3 nitrogen and oxygen atoms in total. The van der Waals surface area contributed by atoms with Crippen LogP contribution in [0.1, 0.15) is 50.4 Å². The highest BCUT2D eigenvalue weighted by Crippen LogP contribution is 2.63. The molecule has 1 aromatic carbocycles. The second-order valence-electron chi connectivity index (χ2n) is 7.12. The third kappa shape index (κ3) is 2.26. The Balaban J connectivity index is 1.79. The number of amides is 1. The summed E-state index contributed by atoms with van der Waals surface area (Å²) in [4.78, 5) is 12.3. The van der Waals surface area contributed by atoms with Crippen LogP contribution in [0, 0.1) is 16.7 Å². The summed E-state index contributed by atoms with van der Waals surface area (Å²) < 4.78 is 0. The Kier molecular flexibility index (Phi) is 3.77. The molecule has 0 radical (unpaired) electrons. The molecular formula is C17H20Cl2N2O. The smallest absolute Gasteiger partial charge is 0.267 e. The lowest BCUT2D eigenvalue weighted by molar-refractivity contribution is 0.0954. The molecule has 2 atom stereocenters. The molecular weight excluding hydrogens is 319 g/mol. The predicted octanol–water partition coefficient (Wildman–Crippen LogP) is 4.93. The van der Waals surface area contributed by atoms with E-state index in [9.17, 15) is 4.79 Å². The van der Waals surface area contributed by atoms with Crippen LogP contribution in [0.4, 0.5) is 0 Å². The number of fused-ring (bicyclic) bond motifs is 2. The van der Waals surface area contributed by atoms with Gasteiger partial charge in [0.25, 0.3) is 5.91 Å². The van der Waals surface area contributed by atoms with Crippen LogP contribution in [0.25, 0.3) is 0 Å². The first-order valence-electron chi connectivity index (χ1n) is 7.58. The van der Waals surface area contributed by atoms with Gasteiger partial charge in [0.05, 0.1) is 10.6 Å². The number of carbonyl (C=O) groups excluding carboxylic acids is 1. The van der Waals surface area contributed by atoms with E-state index in [4.69, 9.17) is 23.2 Å². The van der Waals surface area contributed by atoms with E-state index in [1.807, 2.05) is 0 Å². The van der Waals surface area contributed by atoms with Crippen molar-refractivity contribution in [3.63, 3.8) is 0 Å². The summed E-state index contributed by atoms with van der Waals surface area (Å²) in [5.74, 6) is 0.366. The lowest BCUT2D eigenvalue weighted by Gasteiger charge is -2.34. The quantitative estimate of drug-likeness (QED) is 0.763. The van der Waals surface area contributed by atoms with E-state index in [1.165, 1.54) is 6.42 Å². The molecule has 2 aliphatic carbocycles. The molecule has 1 N–H and O–H groups in total. The number of halogens is 2. The topological polar surface area (TPSA) is 41.5 Å². The molecule has 0 saturated heterocycles. The molecule has 2 aliphatic rings. The third-order valence-corrected chi connectivity index (χ3v) is 6.53. The number of rotatable bonds is 2. The minimum Gasteiger partial charge on any atom is -0.267 e. The number of hydrogen-bond donors (Lipinski definition) is 1. The highest BCUT2D eigenvalue weighted by atomic mass is 35.5. The monoisotopic (exact) mass is 338 g/mol. The molecule has 2 saturated carbocycles. The summed E-state index contributed by atoms with van der Waals surface area (Å²) in [5.41, 5.74) is 4.49. The van der Waals surface area contributed by atoms with Crippen molar-refractivity contribution in [1.82, 2.24) is 5.43 Å². The van der Waals surface area contributed by atoms with Crippen molar-refractivity contribution in [1.29, 1.82) is 0 Å². The first kappa shape index (κ1) is 15.8. The number of hydrazone groups is 1. The van der Waals surface area contributed by atoms with Crippen LogP contribution in [-0.4, -0.2) is 11.6 Å². The molecule has 0 aromatic heterocycles. The standard InChI is InChI=1S/C17H20Cl2N2O/c1-16(2)10-6-7-17(16,3)14(8-10)20-21-15(22)12-5-4-11(18)9-13(12)19/h4-5,9-10H,6-8H2,1-3H3,(H,21,22)/b20-14-/t10-,17-/m1/s1. The van der Waals surface area contributed by atoms with Crippen molar-refractivity contribution < 1.29 is 4.79 Å². The molecule has 0 spiro atoms. The second kappa shape index (κ2) is 5.24. The number of nitrogens with one attached hydrogen (secondary N) is 1. The molecule has 0 aliphatic heterocycles. The maximum absolute atomic E-state index is 12.3. The zero-order valence-electron chi connectivity index (χ0n) is 13.0. The number of carbonyl (C=O) groups is 1. The molecule has 0 heterocycles. The minimum absolute atomic E-state index is 0.0781. The van der Waals surface area contributed by atoms with Crippen molar-refractivity contribution in [3.05, 3.63) is 33.8 Å². The predicted molar refractivity (Wildman–Crippen MR) is 90.6 cm³/mol. The van der Waals surface area contributed by atoms with Crippen molar-refractivity contribution in [2.45, 2.75) is 40.0 Å². The van der Waals surface area contributed by atoms with Gasteiger partial charge in [-0.15, -0.1) is 0 Å². The van der Waals surface area contributed by atoms with Crippen molar-refractivity contribution in [2.75, 3.05) is 0 Å². The summed E-state index contributed by atoms with van der Waals surface area (Å²) in [6, 6.07) is 4.83. The van der Waals surface area contributed by atoms with Crippen LogP contribution in [0.15, 0.2) is 23.3 Å². The van der Waals surface area contributed by atoms with Gasteiger partial charge in [-0.3, -0.25) is 4.79 Å². The van der Waals surface area contributed by atoms with E-state index in [1.54, 1.807) is 18.2 Å². The lowest BCUT2D eigenvalue weighted by Crippen LogP contribution is -2.34. The van der Waals surface area contributed by atoms with Crippen molar-refractivity contribution >= 4 is 34.8 Å².